The Morgan fingerprint density at radius 1 is 0.913 bits per heavy atom. The topological polar surface area (TPSA) is 91.8 Å². The molecule has 1 unspecified atom stereocenters. The molecule has 0 fully saturated rings. The number of nitrogens with one attached hydrogen (secondary N) is 1. The first-order valence-electron chi connectivity index (χ1n) is 11.4. The minimum Gasteiger partial charge on any atom is -0.404 e. The summed E-state index contributed by atoms with van der Waals surface area (Å²) in [6.07, 6.45) is -19.4. The zero-order valence-electron chi connectivity index (χ0n) is 21.4. The Balaban J connectivity index is 2.12. The second-order valence-electron chi connectivity index (χ2n) is 8.69. The van der Waals surface area contributed by atoms with Gasteiger partial charge in [-0.05, 0) is 59.0 Å². The second-order valence-corrected chi connectivity index (χ2v) is 10.2. The Morgan fingerprint density at radius 3 is 2.02 bits per heavy atom. The lowest BCUT2D eigenvalue weighted by Crippen LogP contribution is -2.59. The van der Waals surface area contributed by atoms with E-state index in [9.17, 15) is 67.5 Å². The lowest BCUT2D eigenvalue weighted by molar-refractivity contribution is -0.389. The Labute approximate surface area is 265 Å². The summed E-state index contributed by atoms with van der Waals surface area (Å²) in [7, 11) is 0. The third kappa shape index (κ3) is 7.04. The van der Waals surface area contributed by atoms with Crippen LogP contribution in [-0.4, -0.2) is 46.6 Å². The van der Waals surface area contributed by atoms with Crippen LogP contribution in [0.1, 0.15) is 26.3 Å². The van der Waals surface area contributed by atoms with Crippen molar-refractivity contribution in [2.75, 3.05) is 10.4 Å². The predicted molar refractivity (Wildman–Crippen MR) is 138 cm³/mol. The molecule has 22 heteroatoms. The van der Waals surface area contributed by atoms with Gasteiger partial charge in [-0.1, -0.05) is 17.7 Å². The number of hydroxylamine groups is 1. The average Bonchev–Trinajstić information content (AvgIpc) is 2.91. The van der Waals surface area contributed by atoms with Crippen LogP contribution in [0.25, 0.3) is 0 Å². The number of pyridine rings is 1. The van der Waals surface area contributed by atoms with Gasteiger partial charge in [0.2, 0.25) is 0 Å². The highest BCUT2D eigenvalue weighted by molar-refractivity contribution is 14.1. The minimum absolute atomic E-state index is 0.0768. The molecule has 1 heterocycles. The van der Waals surface area contributed by atoms with Gasteiger partial charge in [0.25, 0.3) is 11.8 Å². The van der Waals surface area contributed by atoms with E-state index in [4.69, 9.17) is 11.6 Å². The number of hydrogen-bond donors (Lipinski definition) is 2. The number of carbonyl (C=O) groups is 2. The molecule has 0 bridgehead atoms. The number of rotatable bonds is 7. The summed E-state index contributed by atoms with van der Waals surface area (Å²) < 4.78 is 179. The molecule has 0 saturated heterocycles. The molecule has 46 heavy (non-hydrogen) atoms. The summed E-state index contributed by atoms with van der Waals surface area (Å²) in [6, 6.07) is 3.18. The first-order chi connectivity index (χ1) is 20.8. The molecule has 0 spiro atoms. The van der Waals surface area contributed by atoms with E-state index in [1.54, 1.807) is 5.32 Å². The summed E-state index contributed by atoms with van der Waals surface area (Å²) in [5, 5.41) is 11.4. The number of carbonyl (C=O) groups excluding carboxylic acids is 2. The third-order valence-corrected chi connectivity index (χ3v) is 6.79. The highest BCUT2D eigenvalue weighted by Crippen LogP contribution is 2.59. The van der Waals surface area contributed by atoms with Crippen LogP contribution in [0.3, 0.4) is 0 Å². The smallest absolute Gasteiger partial charge is 0.404 e. The van der Waals surface area contributed by atoms with Crippen molar-refractivity contribution in [1.29, 1.82) is 0 Å². The van der Waals surface area contributed by atoms with Gasteiger partial charge in [0.15, 0.2) is 11.6 Å². The molecule has 2 amide bonds. The lowest BCUT2D eigenvalue weighted by Gasteiger charge is -2.36. The molecule has 0 saturated carbocycles. The number of anilines is 2. The third-order valence-electron chi connectivity index (χ3n) is 5.71. The van der Waals surface area contributed by atoms with Crippen molar-refractivity contribution in [2.45, 2.75) is 30.3 Å². The van der Waals surface area contributed by atoms with Crippen LogP contribution in [0.15, 0.2) is 48.7 Å². The quantitative estimate of drug-likeness (QED) is 0.0821. The molecule has 3 rings (SSSR count). The van der Waals surface area contributed by atoms with Crippen molar-refractivity contribution in [2.24, 2.45) is 0 Å². The number of aromatic nitrogens is 1. The molecule has 2 aromatic carbocycles. The van der Waals surface area contributed by atoms with Crippen molar-refractivity contribution in [3.8, 4) is 5.75 Å². The fourth-order valence-corrected chi connectivity index (χ4v) is 4.45. The van der Waals surface area contributed by atoms with Crippen LogP contribution in [0, 0.1) is 9.39 Å². The molecule has 0 radical (unpaired) electrons. The fraction of sp³-hybridized carbons (Fsp3) is 0.208. The maximum atomic E-state index is 15.3. The monoisotopic (exact) mass is 813 g/mol. The Kier molecular flexibility index (Phi) is 10.1. The van der Waals surface area contributed by atoms with Gasteiger partial charge in [-0.2, -0.15) is 40.2 Å². The number of benzene rings is 2. The Hall–Kier alpha value is -3.60. The van der Waals surface area contributed by atoms with Gasteiger partial charge < -0.3 is 10.1 Å². The van der Waals surface area contributed by atoms with Gasteiger partial charge >= 0.3 is 30.3 Å². The number of amides is 2. The molecular formula is C24H10ClF13IN3O4. The molecular weight excluding hydrogens is 804 g/mol. The molecule has 1 aromatic heterocycles. The van der Waals surface area contributed by atoms with E-state index in [1.165, 1.54) is 0 Å². The normalized spacial score (nSPS) is 14.0. The zero-order valence-corrected chi connectivity index (χ0v) is 24.3. The highest BCUT2D eigenvalue weighted by Gasteiger charge is 2.81. The SMILES string of the molecule is O=C(Nc1c(I)cc(C(F)(C(F)(F)F)C(F)(F)C(F)(F)F)cc1OC(F)(F)F)c1cccc(N(O)C(=O)c2ccc(Cl)nc2)c1F. The maximum Gasteiger partial charge on any atom is 0.573 e. The van der Waals surface area contributed by atoms with Crippen LogP contribution in [0.2, 0.25) is 5.15 Å². The van der Waals surface area contributed by atoms with Crippen LogP contribution in [0.5, 0.6) is 5.75 Å². The van der Waals surface area contributed by atoms with Crippen molar-refractivity contribution in [1.82, 2.24) is 4.98 Å². The molecule has 2 N–H and O–H groups in total. The minimum atomic E-state index is -7.26. The molecule has 250 valence electrons. The van der Waals surface area contributed by atoms with E-state index in [1.807, 2.05) is 0 Å². The average molecular weight is 814 g/mol. The largest absolute Gasteiger partial charge is 0.573 e. The number of nitrogens with zero attached hydrogens (tertiary/aromatic N) is 2. The zero-order chi connectivity index (χ0) is 35.2. The maximum absolute atomic E-state index is 15.3. The van der Waals surface area contributed by atoms with Crippen LogP contribution in [-0.2, 0) is 5.67 Å². The van der Waals surface area contributed by atoms with Gasteiger partial charge in [-0.3, -0.25) is 14.8 Å². The van der Waals surface area contributed by atoms with Gasteiger partial charge in [-0.25, -0.2) is 13.8 Å². The van der Waals surface area contributed by atoms with E-state index in [2.05, 4.69) is 9.72 Å². The summed E-state index contributed by atoms with van der Waals surface area (Å²) in [5.74, 6) is -14.2. The number of alkyl halides is 12. The lowest BCUT2D eigenvalue weighted by atomic mass is 9.87. The summed E-state index contributed by atoms with van der Waals surface area (Å²) >= 11 is 6.34. The van der Waals surface area contributed by atoms with Gasteiger partial charge in [0.05, 0.1) is 16.8 Å². The van der Waals surface area contributed by atoms with E-state index < -0.39 is 85.8 Å². The summed E-state index contributed by atoms with van der Waals surface area (Å²) in [4.78, 5) is 28.9. The van der Waals surface area contributed by atoms with Crippen molar-refractivity contribution < 1.29 is 76.6 Å². The second kappa shape index (κ2) is 12.5. The van der Waals surface area contributed by atoms with Crippen LogP contribution < -0.4 is 15.1 Å². The van der Waals surface area contributed by atoms with Crippen molar-refractivity contribution in [3.63, 3.8) is 0 Å². The Bertz CT molecular complexity index is 1650. The fourth-order valence-electron chi connectivity index (χ4n) is 3.60. The number of ether oxygens (including phenoxy) is 1. The van der Waals surface area contributed by atoms with Gasteiger partial charge in [0, 0.05) is 15.3 Å². The van der Waals surface area contributed by atoms with Crippen LogP contribution in [0.4, 0.5) is 68.5 Å². The van der Waals surface area contributed by atoms with Crippen molar-refractivity contribution >= 4 is 57.4 Å². The van der Waals surface area contributed by atoms with Gasteiger partial charge in [-0.15, -0.1) is 13.2 Å². The molecule has 0 aliphatic heterocycles. The molecule has 0 aliphatic rings. The first-order valence-corrected chi connectivity index (χ1v) is 12.8. The van der Waals surface area contributed by atoms with E-state index in [0.717, 1.165) is 53.1 Å². The number of halogens is 15. The van der Waals surface area contributed by atoms with E-state index >= 15 is 4.39 Å². The number of hydrogen-bond acceptors (Lipinski definition) is 5. The molecule has 7 nitrogen and oxygen atoms in total. The van der Waals surface area contributed by atoms with E-state index in [0.29, 0.717) is 6.07 Å². The van der Waals surface area contributed by atoms with E-state index in [-0.39, 0.29) is 21.8 Å². The van der Waals surface area contributed by atoms with Crippen LogP contribution >= 0.6 is 34.2 Å². The first kappa shape index (κ1) is 36.9. The summed E-state index contributed by atoms with van der Waals surface area (Å²) in [6.45, 7) is 0. The highest BCUT2D eigenvalue weighted by atomic mass is 127. The Morgan fingerprint density at radius 2 is 1.52 bits per heavy atom. The molecule has 3 aromatic rings. The summed E-state index contributed by atoms with van der Waals surface area (Å²) in [5.41, 5.74) is -13.3. The molecule has 0 aliphatic carbocycles. The standard InChI is InChI=1S/C24H10ClF13IN3O4/c25-15-5-4-9(8-40-15)19(44)42(45)13-3-1-2-11(16(13)26)18(43)41-17-12(39)6-10(7-14(17)46-24(36,37)38)20(27,22(30,31)32)21(28,29)23(33,34)35/h1-8,45H,(H,41,43). The molecule has 1 atom stereocenters. The van der Waals surface area contributed by atoms with Crippen molar-refractivity contribution in [3.05, 3.63) is 79.9 Å². The van der Waals surface area contributed by atoms with Gasteiger partial charge in [0.1, 0.15) is 10.8 Å². The predicted octanol–water partition coefficient (Wildman–Crippen LogP) is 8.59.